The molecule has 0 unspecified atom stereocenters. The number of amides is 1. The van der Waals surface area contributed by atoms with Crippen LogP contribution >= 0.6 is 0 Å². The van der Waals surface area contributed by atoms with E-state index in [4.69, 9.17) is 4.74 Å². The molecule has 0 saturated carbocycles. The van der Waals surface area contributed by atoms with Crippen molar-refractivity contribution in [1.82, 2.24) is 5.32 Å². The molecule has 0 aromatic heterocycles. The van der Waals surface area contributed by atoms with Gasteiger partial charge in [0.2, 0.25) is 0 Å². The lowest BCUT2D eigenvalue weighted by molar-refractivity contribution is -0.123. The third kappa shape index (κ3) is 5.47. The average Bonchev–Trinajstić information content (AvgIpc) is 2.66. The van der Waals surface area contributed by atoms with E-state index >= 15 is 0 Å². The van der Waals surface area contributed by atoms with Crippen LogP contribution in [0, 0.1) is 6.92 Å². The quantitative estimate of drug-likeness (QED) is 0.751. The summed E-state index contributed by atoms with van der Waals surface area (Å²) in [6.07, 6.45) is 0.849. The summed E-state index contributed by atoms with van der Waals surface area (Å²) in [5, 5.41) is 2.82. The second kappa shape index (κ2) is 8.90. The fraction of sp³-hybridized carbons (Fsp3) is 0.350. The summed E-state index contributed by atoms with van der Waals surface area (Å²) in [5.41, 5.74) is 1.50. The van der Waals surface area contributed by atoms with Gasteiger partial charge < -0.3 is 10.1 Å². The van der Waals surface area contributed by atoms with Gasteiger partial charge in [-0.25, -0.2) is 8.42 Å². The minimum absolute atomic E-state index is 0.0822. The van der Waals surface area contributed by atoms with Gasteiger partial charge in [-0.15, -0.1) is 0 Å². The average molecular weight is 391 g/mol. The lowest BCUT2D eigenvalue weighted by atomic mass is 10.2. The first-order valence-electron chi connectivity index (χ1n) is 8.82. The molecule has 1 N–H and O–H groups in total. The lowest BCUT2D eigenvalue weighted by Gasteiger charge is -2.20. The zero-order valence-electron chi connectivity index (χ0n) is 16.1. The molecule has 2 rings (SSSR count). The van der Waals surface area contributed by atoms with Gasteiger partial charge in [-0.1, -0.05) is 24.6 Å². The molecule has 0 saturated heterocycles. The molecule has 0 aliphatic rings. The molecule has 6 nitrogen and oxygen atoms in total. The van der Waals surface area contributed by atoms with Crippen LogP contribution in [-0.2, 0) is 14.8 Å². The van der Waals surface area contributed by atoms with Crippen LogP contribution in [0.2, 0.25) is 0 Å². The molecule has 1 atom stereocenters. The highest BCUT2D eigenvalue weighted by atomic mass is 32.2. The minimum atomic E-state index is -3.64. The molecule has 0 radical (unpaired) electrons. The van der Waals surface area contributed by atoms with Gasteiger partial charge in [0.1, 0.15) is 5.75 Å². The lowest BCUT2D eigenvalue weighted by Crippen LogP contribution is -2.35. The van der Waals surface area contributed by atoms with Crippen LogP contribution in [0.15, 0.2) is 53.4 Å². The summed E-state index contributed by atoms with van der Waals surface area (Å²) in [6, 6.07) is 13.4. The van der Waals surface area contributed by atoms with Crippen molar-refractivity contribution in [3.63, 3.8) is 0 Å². The van der Waals surface area contributed by atoms with E-state index in [9.17, 15) is 13.2 Å². The highest BCUT2D eigenvalue weighted by Gasteiger charge is 2.21. The molecule has 0 spiro atoms. The Balaban J connectivity index is 2.03. The maximum atomic E-state index is 12.7. The van der Waals surface area contributed by atoms with Crippen molar-refractivity contribution in [1.29, 1.82) is 0 Å². The topological polar surface area (TPSA) is 75.7 Å². The fourth-order valence-corrected chi connectivity index (χ4v) is 3.52. The summed E-state index contributed by atoms with van der Waals surface area (Å²) in [6.45, 7) is 5.74. The van der Waals surface area contributed by atoms with Gasteiger partial charge in [0.15, 0.2) is 6.61 Å². The number of ether oxygens (including phenoxy) is 1. The van der Waals surface area contributed by atoms with Crippen LogP contribution < -0.4 is 14.4 Å². The maximum Gasteiger partial charge on any atom is 0.264 e. The SMILES string of the molecule is CC[C@@H](C)NC(=O)COc1ccc(N(C)S(=O)(=O)c2ccc(C)cc2)cc1. The number of carbonyl (C=O) groups is 1. The molecule has 1 amide bonds. The summed E-state index contributed by atoms with van der Waals surface area (Å²) in [7, 11) is -2.13. The Morgan fingerprint density at radius 2 is 1.70 bits per heavy atom. The Kier molecular flexibility index (Phi) is 6.85. The first kappa shape index (κ1) is 20.8. The number of benzene rings is 2. The zero-order chi connectivity index (χ0) is 20.0. The Bertz CT molecular complexity index is 862. The van der Waals surface area contributed by atoms with Gasteiger partial charge in [-0.3, -0.25) is 9.10 Å². The third-order valence-corrected chi connectivity index (χ3v) is 6.07. The molecule has 0 fully saturated rings. The van der Waals surface area contributed by atoms with Crippen molar-refractivity contribution >= 4 is 21.6 Å². The van der Waals surface area contributed by atoms with E-state index < -0.39 is 10.0 Å². The molecule has 0 aliphatic carbocycles. The predicted molar refractivity (Wildman–Crippen MR) is 107 cm³/mol. The molecule has 27 heavy (non-hydrogen) atoms. The van der Waals surface area contributed by atoms with Gasteiger partial charge in [-0.05, 0) is 56.7 Å². The van der Waals surface area contributed by atoms with Gasteiger partial charge in [0.05, 0.1) is 10.6 Å². The number of hydrogen-bond donors (Lipinski definition) is 1. The predicted octanol–water partition coefficient (Wildman–Crippen LogP) is 3.11. The monoisotopic (exact) mass is 390 g/mol. The number of anilines is 1. The van der Waals surface area contributed by atoms with E-state index in [1.54, 1.807) is 48.5 Å². The van der Waals surface area contributed by atoms with Crippen LogP contribution in [-0.4, -0.2) is 34.0 Å². The van der Waals surface area contributed by atoms with Crippen molar-refractivity contribution in [3.05, 3.63) is 54.1 Å². The molecule has 2 aromatic rings. The molecule has 0 bridgehead atoms. The largest absolute Gasteiger partial charge is 0.484 e. The Labute approximate surface area is 161 Å². The fourth-order valence-electron chi connectivity index (χ4n) is 2.33. The number of carbonyl (C=O) groups excluding carboxylic acids is 1. The second-order valence-corrected chi connectivity index (χ2v) is 8.41. The van der Waals surface area contributed by atoms with Crippen LogP contribution in [0.25, 0.3) is 0 Å². The first-order valence-corrected chi connectivity index (χ1v) is 10.3. The maximum absolute atomic E-state index is 12.7. The highest BCUT2D eigenvalue weighted by molar-refractivity contribution is 7.92. The number of hydrogen-bond acceptors (Lipinski definition) is 4. The zero-order valence-corrected chi connectivity index (χ0v) is 16.9. The molecule has 2 aromatic carbocycles. The van der Waals surface area contributed by atoms with E-state index in [0.29, 0.717) is 11.4 Å². The van der Waals surface area contributed by atoms with Crippen LogP contribution in [0.1, 0.15) is 25.8 Å². The van der Waals surface area contributed by atoms with Gasteiger partial charge in [-0.2, -0.15) is 0 Å². The molecule has 7 heteroatoms. The van der Waals surface area contributed by atoms with E-state index in [1.165, 1.54) is 11.4 Å². The highest BCUT2D eigenvalue weighted by Crippen LogP contribution is 2.24. The van der Waals surface area contributed by atoms with Gasteiger partial charge in [0.25, 0.3) is 15.9 Å². The summed E-state index contributed by atoms with van der Waals surface area (Å²) >= 11 is 0. The molecule has 0 aliphatic heterocycles. The van der Waals surface area contributed by atoms with Gasteiger partial charge >= 0.3 is 0 Å². The first-order chi connectivity index (χ1) is 12.7. The number of aryl methyl sites for hydroxylation is 1. The molecular weight excluding hydrogens is 364 g/mol. The Morgan fingerprint density at radius 1 is 1.11 bits per heavy atom. The molecule has 0 heterocycles. The summed E-state index contributed by atoms with van der Waals surface area (Å²) in [4.78, 5) is 12.0. The van der Waals surface area contributed by atoms with Crippen molar-refractivity contribution in [2.75, 3.05) is 18.0 Å². The number of nitrogens with zero attached hydrogens (tertiary/aromatic N) is 1. The molecule has 146 valence electrons. The van der Waals surface area contributed by atoms with E-state index in [2.05, 4.69) is 5.32 Å². The van der Waals surface area contributed by atoms with Crippen molar-refractivity contribution < 1.29 is 17.9 Å². The Morgan fingerprint density at radius 3 is 2.26 bits per heavy atom. The number of sulfonamides is 1. The van der Waals surface area contributed by atoms with E-state index in [0.717, 1.165) is 12.0 Å². The third-order valence-electron chi connectivity index (χ3n) is 4.27. The molecular formula is C20H26N2O4S. The van der Waals surface area contributed by atoms with Crippen LogP contribution in [0.4, 0.5) is 5.69 Å². The number of nitrogens with one attached hydrogen (secondary N) is 1. The Hall–Kier alpha value is -2.54. The van der Waals surface area contributed by atoms with E-state index in [-0.39, 0.29) is 23.5 Å². The summed E-state index contributed by atoms with van der Waals surface area (Å²) < 4.78 is 32.1. The normalized spacial score (nSPS) is 12.3. The minimum Gasteiger partial charge on any atom is -0.484 e. The smallest absolute Gasteiger partial charge is 0.264 e. The number of rotatable bonds is 8. The standard InChI is InChI=1S/C20H26N2O4S/c1-5-16(3)21-20(23)14-26-18-10-8-17(9-11-18)22(4)27(24,25)19-12-6-15(2)7-13-19/h6-13,16H,5,14H2,1-4H3,(H,21,23)/t16-/m1/s1. The van der Waals surface area contributed by atoms with Crippen molar-refractivity contribution in [3.8, 4) is 5.75 Å². The summed E-state index contributed by atoms with van der Waals surface area (Å²) in [5.74, 6) is 0.312. The van der Waals surface area contributed by atoms with Gasteiger partial charge in [0, 0.05) is 13.1 Å². The van der Waals surface area contributed by atoms with Crippen molar-refractivity contribution in [2.45, 2.75) is 38.1 Å². The van der Waals surface area contributed by atoms with E-state index in [1.807, 2.05) is 20.8 Å². The van der Waals surface area contributed by atoms with Crippen LogP contribution in [0.3, 0.4) is 0 Å². The van der Waals surface area contributed by atoms with Crippen LogP contribution in [0.5, 0.6) is 5.75 Å². The van der Waals surface area contributed by atoms with Crippen molar-refractivity contribution in [2.24, 2.45) is 0 Å². The second-order valence-electron chi connectivity index (χ2n) is 6.44.